The molecule has 2 aromatic rings. The maximum Gasteiger partial charge on any atom is 0.328 e. The number of hydrogen-bond donors (Lipinski definition) is 2. The highest BCUT2D eigenvalue weighted by Crippen LogP contribution is 2.18. The average molecular weight is 327 g/mol. The van der Waals surface area contributed by atoms with Crippen LogP contribution in [-0.2, 0) is 28.4 Å². The molecule has 0 amide bonds. The molecule has 0 aliphatic carbocycles. The molecule has 0 fully saturated rings. The van der Waals surface area contributed by atoms with Gasteiger partial charge in [-0.2, -0.15) is 5.10 Å². The first-order valence-corrected chi connectivity index (χ1v) is 8.16. The Morgan fingerprint density at radius 3 is 2.86 bits per heavy atom. The number of rotatable bonds is 6. The monoisotopic (exact) mass is 327 g/mol. The highest BCUT2D eigenvalue weighted by molar-refractivity contribution is 7.89. The first-order chi connectivity index (χ1) is 9.88. The molecule has 0 unspecified atom stereocenters. The van der Waals surface area contributed by atoms with E-state index in [4.69, 9.17) is 5.11 Å². The molecule has 0 spiro atoms. The van der Waals surface area contributed by atoms with Crippen molar-refractivity contribution < 1.29 is 18.3 Å². The lowest BCUT2D eigenvalue weighted by Gasteiger charge is -2.05. The van der Waals surface area contributed by atoms with Crippen LogP contribution in [-0.4, -0.2) is 29.3 Å². The maximum atomic E-state index is 12.1. The van der Waals surface area contributed by atoms with E-state index in [2.05, 4.69) is 9.82 Å². The number of thiophene rings is 1. The molecular formula is C12H13N3O4S2. The zero-order valence-electron chi connectivity index (χ0n) is 11.1. The number of nitrogens with zero attached hydrogens (tertiary/aromatic N) is 2. The maximum absolute atomic E-state index is 12.1. The lowest BCUT2D eigenvalue weighted by Crippen LogP contribution is -2.24. The number of aromatic nitrogens is 2. The molecule has 0 aliphatic rings. The minimum atomic E-state index is -3.62. The molecule has 0 aliphatic heterocycles. The van der Waals surface area contributed by atoms with E-state index in [0.29, 0.717) is 0 Å². The molecule has 21 heavy (non-hydrogen) atoms. The Morgan fingerprint density at radius 1 is 1.48 bits per heavy atom. The molecule has 9 heteroatoms. The molecule has 2 rings (SSSR count). The molecule has 0 aromatic carbocycles. The van der Waals surface area contributed by atoms with Gasteiger partial charge in [0.1, 0.15) is 0 Å². The summed E-state index contributed by atoms with van der Waals surface area (Å²) in [6.07, 6.45) is 3.91. The van der Waals surface area contributed by atoms with Crippen molar-refractivity contribution >= 4 is 33.4 Å². The summed E-state index contributed by atoms with van der Waals surface area (Å²) >= 11 is 1.32. The van der Waals surface area contributed by atoms with Gasteiger partial charge in [0.15, 0.2) is 5.03 Å². The highest BCUT2D eigenvalue weighted by atomic mass is 32.2. The normalized spacial score (nSPS) is 12.0. The van der Waals surface area contributed by atoms with Crippen LogP contribution in [0.4, 0.5) is 0 Å². The van der Waals surface area contributed by atoms with Crippen LogP contribution in [0.5, 0.6) is 0 Å². The summed E-state index contributed by atoms with van der Waals surface area (Å²) < 4.78 is 27.9. The van der Waals surface area contributed by atoms with Gasteiger partial charge in [0.2, 0.25) is 0 Å². The van der Waals surface area contributed by atoms with Gasteiger partial charge in [-0.1, -0.05) is 0 Å². The topological polar surface area (TPSA) is 101 Å². The number of carboxylic acid groups (broad SMARTS) is 1. The quantitative estimate of drug-likeness (QED) is 0.773. The molecular weight excluding hydrogens is 314 g/mol. The van der Waals surface area contributed by atoms with Crippen LogP contribution in [0, 0.1) is 0 Å². The van der Waals surface area contributed by atoms with Gasteiger partial charge < -0.3 is 5.11 Å². The summed E-state index contributed by atoms with van der Waals surface area (Å²) in [6, 6.07) is 4.90. The van der Waals surface area contributed by atoms with Crippen LogP contribution in [0.2, 0.25) is 0 Å². The van der Waals surface area contributed by atoms with Gasteiger partial charge in [0, 0.05) is 29.4 Å². The Bertz CT molecular complexity index is 774. The molecule has 0 radical (unpaired) electrons. The van der Waals surface area contributed by atoms with Crippen molar-refractivity contribution in [1.82, 2.24) is 14.5 Å². The summed E-state index contributed by atoms with van der Waals surface area (Å²) in [7, 11) is -2.07. The third-order valence-corrected chi connectivity index (χ3v) is 5.09. The molecule has 7 nitrogen and oxygen atoms in total. The van der Waals surface area contributed by atoms with Gasteiger partial charge in [-0.15, -0.1) is 11.3 Å². The molecule has 0 bridgehead atoms. The third-order valence-electron chi connectivity index (χ3n) is 2.56. The van der Waals surface area contributed by atoms with Crippen molar-refractivity contribution in [3.05, 3.63) is 40.2 Å². The number of aliphatic carboxylic acids is 1. The molecule has 2 aromatic heterocycles. The number of carbonyl (C=O) groups is 1. The van der Waals surface area contributed by atoms with Crippen molar-refractivity contribution in [3.8, 4) is 0 Å². The number of hydrogen-bond acceptors (Lipinski definition) is 5. The number of sulfonamides is 1. The van der Waals surface area contributed by atoms with E-state index in [0.717, 1.165) is 15.8 Å². The second-order valence-electron chi connectivity index (χ2n) is 4.09. The molecule has 0 atom stereocenters. The Morgan fingerprint density at radius 2 is 2.24 bits per heavy atom. The molecule has 2 N–H and O–H groups in total. The summed E-state index contributed by atoms with van der Waals surface area (Å²) in [6.45, 7) is 0.138. The second-order valence-corrected chi connectivity index (χ2v) is 7.01. The fourth-order valence-corrected chi connectivity index (χ4v) is 3.67. The summed E-state index contributed by atoms with van der Waals surface area (Å²) in [5.41, 5.74) is 0. The van der Waals surface area contributed by atoms with Crippen molar-refractivity contribution in [3.63, 3.8) is 0 Å². The molecule has 0 saturated carbocycles. The first-order valence-electron chi connectivity index (χ1n) is 5.86. The molecule has 0 saturated heterocycles. The minimum absolute atomic E-state index is 0.0880. The van der Waals surface area contributed by atoms with Crippen LogP contribution in [0.15, 0.2) is 35.5 Å². The van der Waals surface area contributed by atoms with Crippen LogP contribution >= 0.6 is 11.3 Å². The smallest absolute Gasteiger partial charge is 0.328 e. The van der Waals surface area contributed by atoms with Crippen LogP contribution in [0.25, 0.3) is 6.08 Å². The first kappa shape index (κ1) is 15.4. The summed E-state index contributed by atoms with van der Waals surface area (Å²) in [5.74, 6) is -1.03. The number of nitrogens with one attached hydrogen (secondary N) is 1. The molecule has 2 heterocycles. The van der Waals surface area contributed by atoms with Gasteiger partial charge in [0.05, 0.1) is 6.20 Å². The lowest BCUT2D eigenvalue weighted by molar-refractivity contribution is -0.131. The van der Waals surface area contributed by atoms with E-state index in [-0.39, 0.29) is 11.6 Å². The number of carboxylic acids is 1. The summed E-state index contributed by atoms with van der Waals surface area (Å²) in [5, 5.41) is 12.4. The third kappa shape index (κ3) is 4.00. The van der Waals surface area contributed by atoms with Gasteiger partial charge in [-0.25, -0.2) is 17.9 Å². The van der Waals surface area contributed by atoms with Gasteiger partial charge in [-0.3, -0.25) is 4.68 Å². The van der Waals surface area contributed by atoms with E-state index in [1.165, 1.54) is 34.4 Å². The fraction of sp³-hybridized carbons (Fsp3) is 0.167. The molecule has 112 valence electrons. The lowest BCUT2D eigenvalue weighted by atomic mass is 10.4. The zero-order chi connectivity index (χ0) is 15.5. The standard InChI is InChI=1S/C12H13N3O4S2/c1-15-11(6-7-13-15)21(18,19)14-8-10-3-2-9(20-10)4-5-12(16)17/h2-7,14H,8H2,1H3,(H,16,17)/b5-4+. The van der Waals surface area contributed by atoms with Crippen LogP contribution in [0.1, 0.15) is 9.75 Å². The van der Waals surface area contributed by atoms with E-state index < -0.39 is 16.0 Å². The Balaban J connectivity index is 2.04. The predicted octanol–water partition coefficient (Wildman–Crippen LogP) is 1.06. The van der Waals surface area contributed by atoms with Crippen LogP contribution < -0.4 is 4.72 Å². The SMILES string of the molecule is Cn1nccc1S(=O)(=O)NCc1ccc(/C=C/C(=O)O)s1. The highest BCUT2D eigenvalue weighted by Gasteiger charge is 2.17. The van der Waals surface area contributed by atoms with Crippen molar-refractivity contribution in [2.24, 2.45) is 7.05 Å². The Labute approximate surface area is 125 Å². The van der Waals surface area contributed by atoms with E-state index in [9.17, 15) is 13.2 Å². The van der Waals surface area contributed by atoms with Crippen molar-refractivity contribution in [1.29, 1.82) is 0 Å². The Hall–Kier alpha value is -1.97. The van der Waals surface area contributed by atoms with E-state index in [1.807, 2.05) is 0 Å². The van der Waals surface area contributed by atoms with E-state index in [1.54, 1.807) is 19.2 Å². The van der Waals surface area contributed by atoms with Gasteiger partial charge in [0.25, 0.3) is 10.0 Å². The Kier molecular flexibility index (Phi) is 4.56. The van der Waals surface area contributed by atoms with E-state index >= 15 is 0 Å². The second kappa shape index (κ2) is 6.20. The van der Waals surface area contributed by atoms with Gasteiger partial charge in [-0.05, 0) is 24.3 Å². The minimum Gasteiger partial charge on any atom is -0.478 e. The van der Waals surface area contributed by atoms with Gasteiger partial charge >= 0.3 is 5.97 Å². The predicted molar refractivity (Wildman–Crippen MR) is 78.2 cm³/mol. The van der Waals surface area contributed by atoms with Crippen molar-refractivity contribution in [2.45, 2.75) is 11.6 Å². The number of aryl methyl sites for hydroxylation is 1. The summed E-state index contributed by atoms with van der Waals surface area (Å²) in [4.78, 5) is 11.9. The zero-order valence-corrected chi connectivity index (χ0v) is 12.7. The van der Waals surface area contributed by atoms with Crippen molar-refractivity contribution in [2.75, 3.05) is 0 Å². The van der Waals surface area contributed by atoms with Crippen LogP contribution in [0.3, 0.4) is 0 Å². The average Bonchev–Trinajstić information content (AvgIpc) is 3.03. The largest absolute Gasteiger partial charge is 0.478 e. The fourth-order valence-electron chi connectivity index (χ4n) is 1.60.